The number of halogens is 1. The summed E-state index contributed by atoms with van der Waals surface area (Å²) in [6.07, 6.45) is 1.29. The zero-order valence-corrected chi connectivity index (χ0v) is 15.5. The summed E-state index contributed by atoms with van der Waals surface area (Å²) in [5.41, 5.74) is -1.37. The number of carboxylic acids is 1. The molecular formula is C18H23FN4O3. The number of fused-ring (bicyclic) bond motifs is 1. The van der Waals surface area contributed by atoms with E-state index in [1.165, 1.54) is 6.20 Å². The maximum atomic E-state index is 14.7. The zero-order valence-electron chi connectivity index (χ0n) is 15.5. The van der Waals surface area contributed by atoms with Crippen molar-refractivity contribution >= 4 is 22.8 Å². The molecular weight excluding hydrogens is 339 g/mol. The molecule has 0 aromatic carbocycles. The number of rotatable bonds is 3. The molecule has 1 aliphatic rings. The fourth-order valence-electron chi connectivity index (χ4n) is 3.30. The number of carboxylic acid groups (broad SMARTS) is 1. The van der Waals surface area contributed by atoms with E-state index >= 15 is 0 Å². The molecule has 26 heavy (non-hydrogen) atoms. The largest absolute Gasteiger partial charge is 0.477 e. The Bertz CT molecular complexity index is 948. The fraction of sp³-hybridized carbons (Fsp3) is 0.500. The van der Waals surface area contributed by atoms with Crippen LogP contribution >= 0.6 is 0 Å². The number of nitrogens with zero attached hydrogens (tertiary/aromatic N) is 3. The fourth-order valence-corrected chi connectivity index (χ4v) is 3.30. The summed E-state index contributed by atoms with van der Waals surface area (Å²) < 4.78 is 16.3. The van der Waals surface area contributed by atoms with Crippen LogP contribution in [0.4, 0.5) is 10.2 Å². The Hall–Kier alpha value is -2.48. The second kappa shape index (κ2) is 6.05. The molecule has 140 valence electrons. The van der Waals surface area contributed by atoms with E-state index < -0.39 is 28.3 Å². The van der Waals surface area contributed by atoms with Crippen LogP contribution in [0, 0.1) is 5.82 Å². The number of likely N-dealkylation sites (N-methyl/N-ethyl adjacent to an activating group) is 1. The van der Waals surface area contributed by atoms with Crippen LogP contribution < -0.4 is 15.6 Å². The average molecular weight is 362 g/mol. The van der Waals surface area contributed by atoms with Crippen LogP contribution in [0.5, 0.6) is 0 Å². The molecule has 3 heterocycles. The molecule has 0 aliphatic carbocycles. The molecule has 2 atom stereocenters. The van der Waals surface area contributed by atoms with E-state index in [0.29, 0.717) is 6.54 Å². The minimum atomic E-state index is -1.34. The van der Waals surface area contributed by atoms with Gasteiger partial charge in [0.2, 0.25) is 5.43 Å². The second-order valence-corrected chi connectivity index (χ2v) is 7.67. The van der Waals surface area contributed by atoms with Gasteiger partial charge in [-0.15, -0.1) is 0 Å². The standard InChI is InChI=1S/C18H23FN4O3/c1-9-13(20-5)8-22(9)16-12(19)6-10-14(24)11(17(25)26)7-23(15(10)21-16)18(2,3)4/h6-7,9,13,20H,8H2,1-5H3,(H,25,26). The van der Waals surface area contributed by atoms with Crippen molar-refractivity contribution in [2.24, 2.45) is 0 Å². The average Bonchev–Trinajstić information content (AvgIpc) is 2.53. The van der Waals surface area contributed by atoms with Crippen LogP contribution in [0.3, 0.4) is 0 Å². The summed E-state index contributed by atoms with van der Waals surface area (Å²) in [4.78, 5) is 30.2. The highest BCUT2D eigenvalue weighted by Gasteiger charge is 2.37. The van der Waals surface area contributed by atoms with E-state index in [4.69, 9.17) is 0 Å². The summed E-state index contributed by atoms with van der Waals surface area (Å²) in [6, 6.07) is 1.41. The lowest BCUT2D eigenvalue weighted by Gasteiger charge is -2.47. The van der Waals surface area contributed by atoms with Gasteiger partial charge in [-0.25, -0.2) is 14.2 Å². The molecule has 2 aromatic rings. The Kier molecular flexibility index (Phi) is 4.26. The highest BCUT2D eigenvalue weighted by Crippen LogP contribution is 2.30. The molecule has 1 fully saturated rings. The molecule has 0 radical (unpaired) electrons. The minimum Gasteiger partial charge on any atom is -0.477 e. The Morgan fingerprint density at radius 3 is 2.58 bits per heavy atom. The maximum Gasteiger partial charge on any atom is 0.341 e. The van der Waals surface area contributed by atoms with E-state index in [9.17, 15) is 19.1 Å². The first-order chi connectivity index (χ1) is 12.1. The summed E-state index contributed by atoms with van der Waals surface area (Å²) in [5.74, 6) is -1.79. The van der Waals surface area contributed by atoms with Crippen molar-refractivity contribution in [3.8, 4) is 0 Å². The minimum absolute atomic E-state index is 0.0283. The Balaban J connectivity index is 2.28. The van der Waals surface area contributed by atoms with Crippen molar-refractivity contribution < 1.29 is 14.3 Å². The number of hydrogen-bond donors (Lipinski definition) is 2. The Morgan fingerprint density at radius 2 is 2.08 bits per heavy atom. The normalized spacial score (nSPS) is 20.3. The van der Waals surface area contributed by atoms with Gasteiger partial charge in [0.15, 0.2) is 11.6 Å². The van der Waals surface area contributed by atoms with Crippen LogP contribution in [-0.2, 0) is 5.54 Å². The van der Waals surface area contributed by atoms with Gasteiger partial charge < -0.3 is 19.9 Å². The number of anilines is 1. The summed E-state index contributed by atoms with van der Waals surface area (Å²) in [7, 11) is 1.85. The number of carbonyl (C=O) groups is 1. The predicted molar refractivity (Wildman–Crippen MR) is 97.6 cm³/mol. The monoisotopic (exact) mass is 362 g/mol. The van der Waals surface area contributed by atoms with Gasteiger partial charge >= 0.3 is 5.97 Å². The van der Waals surface area contributed by atoms with E-state index in [2.05, 4.69) is 10.3 Å². The van der Waals surface area contributed by atoms with Crippen LogP contribution in [0.15, 0.2) is 17.1 Å². The molecule has 8 heteroatoms. The van der Waals surface area contributed by atoms with Crippen LogP contribution in [-0.4, -0.2) is 46.3 Å². The topological polar surface area (TPSA) is 87.5 Å². The SMILES string of the molecule is CNC1CN(c2nc3c(cc2F)c(=O)c(C(=O)O)cn3C(C)(C)C)C1C. The van der Waals surface area contributed by atoms with Gasteiger partial charge in [0.05, 0.1) is 5.39 Å². The third kappa shape index (κ3) is 2.74. The molecule has 2 N–H and O–H groups in total. The first-order valence-electron chi connectivity index (χ1n) is 8.50. The summed E-state index contributed by atoms with van der Waals surface area (Å²) in [5, 5.41) is 12.5. The van der Waals surface area contributed by atoms with E-state index in [-0.39, 0.29) is 28.9 Å². The number of hydrogen-bond acceptors (Lipinski definition) is 5. The van der Waals surface area contributed by atoms with Crippen molar-refractivity contribution in [3.05, 3.63) is 33.9 Å². The van der Waals surface area contributed by atoms with Gasteiger partial charge in [0.25, 0.3) is 0 Å². The lowest BCUT2D eigenvalue weighted by Crippen LogP contribution is -2.64. The third-order valence-corrected chi connectivity index (χ3v) is 4.98. The van der Waals surface area contributed by atoms with E-state index in [1.807, 2.05) is 39.6 Å². The molecule has 7 nitrogen and oxygen atoms in total. The number of aromatic carboxylic acids is 1. The molecule has 2 aromatic heterocycles. The quantitative estimate of drug-likeness (QED) is 0.866. The van der Waals surface area contributed by atoms with Crippen LogP contribution in [0.1, 0.15) is 38.1 Å². The molecule has 0 spiro atoms. The molecule has 3 rings (SSSR count). The van der Waals surface area contributed by atoms with Gasteiger partial charge in [0.1, 0.15) is 11.2 Å². The van der Waals surface area contributed by atoms with E-state index in [1.54, 1.807) is 4.57 Å². The number of pyridine rings is 2. The zero-order chi connectivity index (χ0) is 19.4. The summed E-state index contributed by atoms with van der Waals surface area (Å²) >= 11 is 0. The lowest BCUT2D eigenvalue weighted by molar-refractivity contribution is 0.0694. The van der Waals surface area contributed by atoms with Crippen LogP contribution in [0.25, 0.3) is 11.0 Å². The number of nitrogens with one attached hydrogen (secondary N) is 1. The first kappa shape index (κ1) is 18.3. The molecule has 1 saturated heterocycles. The van der Waals surface area contributed by atoms with Gasteiger partial charge in [-0.3, -0.25) is 4.79 Å². The Morgan fingerprint density at radius 1 is 1.42 bits per heavy atom. The van der Waals surface area contributed by atoms with E-state index in [0.717, 1.165) is 6.07 Å². The van der Waals surface area contributed by atoms with Gasteiger partial charge in [-0.05, 0) is 40.8 Å². The molecule has 0 bridgehead atoms. The predicted octanol–water partition coefficient (Wildman–Crippen LogP) is 1.79. The third-order valence-electron chi connectivity index (χ3n) is 4.98. The maximum absolute atomic E-state index is 14.7. The highest BCUT2D eigenvalue weighted by atomic mass is 19.1. The van der Waals surface area contributed by atoms with Crippen molar-refractivity contribution in [1.29, 1.82) is 0 Å². The van der Waals surface area contributed by atoms with Gasteiger partial charge in [0, 0.05) is 30.4 Å². The molecule has 0 saturated carbocycles. The molecule has 0 amide bonds. The molecule has 2 unspecified atom stereocenters. The van der Waals surface area contributed by atoms with Crippen LogP contribution in [0.2, 0.25) is 0 Å². The van der Waals surface area contributed by atoms with Gasteiger partial charge in [-0.1, -0.05) is 0 Å². The highest BCUT2D eigenvalue weighted by molar-refractivity contribution is 5.92. The smallest absolute Gasteiger partial charge is 0.341 e. The van der Waals surface area contributed by atoms with Crippen molar-refractivity contribution in [1.82, 2.24) is 14.9 Å². The second-order valence-electron chi connectivity index (χ2n) is 7.67. The van der Waals surface area contributed by atoms with Crippen molar-refractivity contribution in [2.45, 2.75) is 45.3 Å². The van der Waals surface area contributed by atoms with Gasteiger partial charge in [-0.2, -0.15) is 0 Å². The Labute approximate surface area is 150 Å². The molecule has 1 aliphatic heterocycles. The van der Waals surface area contributed by atoms with Crippen molar-refractivity contribution in [2.75, 3.05) is 18.5 Å². The lowest BCUT2D eigenvalue weighted by atomic mass is 9.98. The summed E-state index contributed by atoms with van der Waals surface area (Å²) in [6.45, 7) is 8.20. The number of aromatic nitrogens is 2. The van der Waals surface area contributed by atoms with Crippen molar-refractivity contribution in [3.63, 3.8) is 0 Å². The first-order valence-corrected chi connectivity index (χ1v) is 8.50.